The zero-order valence-corrected chi connectivity index (χ0v) is 6.30. The van der Waals surface area contributed by atoms with Crippen molar-refractivity contribution >= 4 is 5.78 Å². The van der Waals surface area contributed by atoms with E-state index in [4.69, 9.17) is 15.3 Å². The molecule has 0 amide bonds. The maximum atomic E-state index is 10.6. The van der Waals surface area contributed by atoms with Crippen LogP contribution in [0.15, 0.2) is 0 Å². The minimum atomic E-state index is -1.49. The summed E-state index contributed by atoms with van der Waals surface area (Å²) >= 11 is 0. The van der Waals surface area contributed by atoms with Gasteiger partial charge in [0.05, 0.1) is 12.7 Å². The Morgan fingerprint density at radius 1 is 1.50 bits per heavy atom. The molecule has 0 aromatic rings. The molecule has 72 valence electrons. The van der Waals surface area contributed by atoms with Crippen LogP contribution in [0.2, 0.25) is 0 Å². The quantitative estimate of drug-likeness (QED) is 0.402. The summed E-state index contributed by atoms with van der Waals surface area (Å²) in [5, 5.41) is 26.4. The molecule has 1 rings (SSSR count). The molecule has 6 nitrogen and oxygen atoms in total. The first kappa shape index (κ1) is 11.5. The highest BCUT2D eigenvalue weighted by molar-refractivity contribution is 5.82. The van der Waals surface area contributed by atoms with Gasteiger partial charge in [0.25, 0.3) is 0 Å². The summed E-state index contributed by atoms with van der Waals surface area (Å²) in [7, 11) is 0. The summed E-state index contributed by atoms with van der Waals surface area (Å²) in [5.74, 6) is -0.554. The number of ether oxygens (including phenoxy) is 1. The van der Waals surface area contributed by atoms with Gasteiger partial charge in [0.15, 0.2) is 5.78 Å². The Kier molecular flexibility index (Phi) is 4.29. The van der Waals surface area contributed by atoms with Gasteiger partial charge in [-0.1, -0.05) is 0 Å². The molecule has 1 heterocycles. The topological polar surface area (TPSA) is 118 Å². The van der Waals surface area contributed by atoms with Crippen LogP contribution in [0.25, 0.3) is 0 Å². The number of carbonyl (C=O) groups is 1. The molecule has 1 aliphatic rings. The fraction of sp³-hybridized carbons (Fsp3) is 0.833. The minimum Gasteiger partial charge on any atom is -0.412 e. The molecule has 6 heteroatoms. The molecule has 0 spiro atoms. The lowest BCUT2D eigenvalue weighted by atomic mass is 10.0. The number of ketones is 1. The van der Waals surface area contributed by atoms with Crippen LogP contribution in [0.1, 0.15) is 6.42 Å². The lowest BCUT2D eigenvalue weighted by molar-refractivity contribution is -0.205. The van der Waals surface area contributed by atoms with Gasteiger partial charge in [-0.2, -0.15) is 0 Å². The van der Waals surface area contributed by atoms with E-state index in [9.17, 15) is 4.79 Å². The summed E-state index contributed by atoms with van der Waals surface area (Å²) < 4.78 is 4.57. The van der Waals surface area contributed by atoms with Crippen molar-refractivity contribution in [3.63, 3.8) is 0 Å². The van der Waals surface area contributed by atoms with Crippen molar-refractivity contribution in [3.8, 4) is 0 Å². The molecule has 12 heavy (non-hydrogen) atoms. The van der Waals surface area contributed by atoms with Gasteiger partial charge >= 0.3 is 0 Å². The van der Waals surface area contributed by atoms with Crippen LogP contribution in [0.4, 0.5) is 0 Å². The average Bonchev–Trinajstić information content (AvgIpc) is 1.97. The summed E-state index contributed by atoms with van der Waals surface area (Å²) in [6.07, 6.45) is -3.50. The Morgan fingerprint density at radius 2 is 2.08 bits per heavy atom. The number of carbonyl (C=O) groups excluding carboxylic acids is 1. The van der Waals surface area contributed by atoms with Gasteiger partial charge in [-0.15, -0.1) is 0 Å². The van der Waals surface area contributed by atoms with E-state index >= 15 is 0 Å². The first-order chi connectivity index (χ1) is 5.15. The Morgan fingerprint density at radius 3 is 2.58 bits per heavy atom. The largest absolute Gasteiger partial charge is 0.412 e. The fourth-order valence-corrected chi connectivity index (χ4v) is 0.935. The first-order valence-corrected chi connectivity index (χ1v) is 3.30. The third kappa shape index (κ3) is 2.23. The van der Waals surface area contributed by atoms with E-state index in [0.29, 0.717) is 0 Å². The molecular weight excluding hydrogens is 168 g/mol. The average molecular weight is 180 g/mol. The molecule has 0 aromatic carbocycles. The van der Waals surface area contributed by atoms with Crippen LogP contribution < -0.4 is 0 Å². The van der Waals surface area contributed by atoms with Crippen LogP contribution in [-0.4, -0.2) is 51.7 Å². The number of hydrogen-bond acceptors (Lipinski definition) is 5. The number of rotatable bonds is 1. The molecule has 3 atom stereocenters. The van der Waals surface area contributed by atoms with E-state index in [-0.39, 0.29) is 11.9 Å². The van der Waals surface area contributed by atoms with Gasteiger partial charge in [-0.25, -0.2) is 0 Å². The number of hydrogen-bond donors (Lipinski definition) is 3. The van der Waals surface area contributed by atoms with E-state index in [1.807, 2.05) is 0 Å². The van der Waals surface area contributed by atoms with E-state index < -0.39 is 30.9 Å². The minimum absolute atomic E-state index is 0. The van der Waals surface area contributed by atoms with Crippen LogP contribution in [0.3, 0.4) is 0 Å². The van der Waals surface area contributed by atoms with Gasteiger partial charge in [-0.3, -0.25) is 4.79 Å². The normalized spacial score (nSPS) is 35.9. The standard InChI is InChI=1S/C6H10O5.H2O/c7-2-5-3(8)1-4(9)6(10)11-5;/h3,5-8,10H,1-2H2;1H2. The highest BCUT2D eigenvalue weighted by atomic mass is 16.6. The molecule has 0 bridgehead atoms. The predicted molar refractivity (Wildman–Crippen MR) is 37.2 cm³/mol. The molecule has 0 aromatic heterocycles. The zero-order chi connectivity index (χ0) is 8.43. The predicted octanol–water partition coefficient (Wildman–Crippen LogP) is -2.81. The molecule has 0 saturated carbocycles. The third-order valence-electron chi connectivity index (χ3n) is 1.60. The van der Waals surface area contributed by atoms with Crippen molar-refractivity contribution in [1.82, 2.24) is 0 Å². The van der Waals surface area contributed by atoms with Crippen LogP contribution >= 0.6 is 0 Å². The molecule has 1 saturated heterocycles. The maximum absolute atomic E-state index is 10.6. The Hall–Kier alpha value is -0.530. The van der Waals surface area contributed by atoms with E-state index in [1.165, 1.54) is 0 Å². The SMILES string of the molecule is O.O=C1CC(O)C(CO)OC1O. The summed E-state index contributed by atoms with van der Waals surface area (Å²) in [6, 6.07) is 0. The fourth-order valence-electron chi connectivity index (χ4n) is 0.935. The van der Waals surface area contributed by atoms with E-state index in [0.717, 1.165) is 0 Å². The number of Topliss-reactive ketones (excluding diaryl/α,β-unsaturated/α-hetero) is 1. The maximum Gasteiger partial charge on any atom is 0.215 e. The van der Waals surface area contributed by atoms with E-state index in [1.54, 1.807) is 0 Å². The van der Waals surface area contributed by atoms with Gasteiger partial charge in [-0.05, 0) is 0 Å². The smallest absolute Gasteiger partial charge is 0.215 e. The second-order valence-corrected chi connectivity index (χ2v) is 2.45. The van der Waals surface area contributed by atoms with Crippen molar-refractivity contribution in [3.05, 3.63) is 0 Å². The molecule has 1 aliphatic heterocycles. The Balaban J connectivity index is 0.00000121. The third-order valence-corrected chi connectivity index (χ3v) is 1.60. The monoisotopic (exact) mass is 180 g/mol. The van der Waals surface area contributed by atoms with Crippen LogP contribution in [-0.2, 0) is 9.53 Å². The Bertz CT molecular complexity index is 158. The van der Waals surface area contributed by atoms with Gasteiger partial charge in [0, 0.05) is 6.42 Å². The lowest BCUT2D eigenvalue weighted by Crippen LogP contribution is -2.46. The summed E-state index contributed by atoms with van der Waals surface area (Å²) in [4.78, 5) is 10.6. The van der Waals surface area contributed by atoms with Gasteiger partial charge in [0.1, 0.15) is 6.10 Å². The molecule has 5 N–H and O–H groups in total. The van der Waals surface area contributed by atoms with Crippen LogP contribution in [0, 0.1) is 0 Å². The van der Waals surface area contributed by atoms with Crippen molar-refractivity contribution in [2.75, 3.05) is 6.61 Å². The van der Waals surface area contributed by atoms with E-state index in [2.05, 4.69) is 4.74 Å². The molecular formula is C6H12O6. The molecule has 0 aliphatic carbocycles. The second-order valence-electron chi connectivity index (χ2n) is 2.45. The molecule has 0 radical (unpaired) electrons. The Labute approximate surface area is 68.7 Å². The van der Waals surface area contributed by atoms with Crippen molar-refractivity contribution in [1.29, 1.82) is 0 Å². The first-order valence-electron chi connectivity index (χ1n) is 3.30. The summed E-state index contributed by atoms with van der Waals surface area (Å²) in [6.45, 7) is -0.397. The van der Waals surface area contributed by atoms with Crippen molar-refractivity contribution < 1.29 is 30.3 Å². The molecule has 1 fully saturated rings. The lowest BCUT2D eigenvalue weighted by Gasteiger charge is -2.28. The number of aliphatic hydroxyl groups excluding tert-OH is 3. The van der Waals surface area contributed by atoms with Crippen molar-refractivity contribution in [2.45, 2.75) is 24.9 Å². The van der Waals surface area contributed by atoms with Gasteiger partial charge < -0.3 is 25.5 Å². The highest BCUT2D eigenvalue weighted by Crippen LogP contribution is 2.14. The van der Waals surface area contributed by atoms with Crippen LogP contribution in [0.5, 0.6) is 0 Å². The molecule has 3 unspecified atom stereocenters. The highest BCUT2D eigenvalue weighted by Gasteiger charge is 2.34. The zero-order valence-electron chi connectivity index (χ0n) is 6.30. The second kappa shape index (κ2) is 4.48. The van der Waals surface area contributed by atoms with Crippen molar-refractivity contribution in [2.24, 2.45) is 0 Å². The summed E-state index contributed by atoms with van der Waals surface area (Å²) in [5.41, 5.74) is 0. The van der Waals surface area contributed by atoms with Gasteiger partial charge in [0.2, 0.25) is 6.29 Å². The number of aliphatic hydroxyl groups is 3.